The summed E-state index contributed by atoms with van der Waals surface area (Å²) >= 11 is 0. The highest BCUT2D eigenvalue weighted by Crippen LogP contribution is 2.19. The van der Waals surface area contributed by atoms with Crippen LogP contribution in [-0.4, -0.2) is 35.4 Å². The average Bonchev–Trinajstić information content (AvgIpc) is 2.87. The third-order valence-electron chi connectivity index (χ3n) is 3.85. The third-order valence-corrected chi connectivity index (χ3v) is 3.85. The van der Waals surface area contributed by atoms with Gasteiger partial charge in [0.15, 0.2) is 0 Å². The number of para-hydroxylation sites is 1. The lowest BCUT2D eigenvalue weighted by atomic mass is 10.0. The average molecular weight is 287 g/mol. The van der Waals surface area contributed by atoms with Crippen LogP contribution in [0, 0.1) is 5.92 Å². The van der Waals surface area contributed by atoms with Gasteiger partial charge >= 0.3 is 0 Å². The molecule has 3 N–H and O–H groups in total. The van der Waals surface area contributed by atoms with Crippen molar-refractivity contribution in [1.82, 2.24) is 9.88 Å². The Hall–Kier alpha value is -1.81. The van der Waals surface area contributed by atoms with Crippen LogP contribution in [-0.2, 0) is 11.2 Å². The lowest BCUT2D eigenvalue weighted by molar-refractivity contribution is -0.131. The largest absolute Gasteiger partial charge is 0.361 e. The SMILES string of the molecule is CC(C)CCN(C)C(=O)[C@@H](N)Cc1c[nH]c2ccccc12. The second-order valence-electron chi connectivity index (χ2n) is 6.11. The number of hydrogen-bond acceptors (Lipinski definition) is 2. The van der Waals surface area contributed by atoms with Gasteiger partial charge in [-0.15, -0.1) is 0 Å². The van der Waals surface area contributed by atoms with E-state index in [9.17, 15) is 4.79 Å². The Morgan fingerprint density at radius 3 is 2.76 bits per heavy atom. The van der Waals surface area contributed by atoms with Crippen molar-refractivity contribution in [1.29, 1.82) is 0 Å². The predicted octanol–water partition coefficient (Wildman–Crippen LogP) is 2.54. The molecular weight excluding hydrogens is 262 g/mol. The molecule has 2 rings (SSSR count). The Morgan fingerprint density at radius 1 is 1.33 bits per heavy atom. The number of amides is 1. The second-order valence-corrected chi connectivity index (χ2v) is 6.11. The van der Waals surface area contributed by atoms with E-state index in [4.69, 9.17) is 5.73 Å². The fraction of sp³-hybridized carbons (Fsp3) is 0.471. The summed E-state index contributed by atoms with van der Waals surface area (Å²) in [6.45, 7) is 5.08. The van der Waals surface area contributed by atoms with Crippen LogP contribution in [0.1, 0.15) is 25.8 Å². The van der Waals surface area contributed by atoms with Crippen LogP contribution in [0.3, 0.4) is 0 Å². The van der Waals surface area contributed by atoms with Gasteiger partial charge in [0.25, 0.3) is 0 Å². The van der Waals surface area contributed by atoms with Crippen molar-refractivity contribution in [2.24, 2.45) is 11.7 Å². The number of aromatic amines is 1. The summed E-state index contributed by atoms with van der Waals surface area (Å²) in [6, 6.07) is 7.60. The number of aromatic nitrogens is 1. The molecule has 1 aromatic heterocycles. The molecule has 4 heteroatoms. The number of H-pyrrole nitrogens is 1. The first kappa shape index (κ1) is 15.6. The zero-order chi connectivity index (χ0) is 15.4. The molecule has 1 aromatic carbocycles. The monoisotopic (exact) mass is 287 g/mol. The van der Waals surface area contributed by atoms with Crippen LogP contribution in [0.2, 0.25) is 0 Å². The summed E-state index contributed by atoms with van der Waals surface area (Å²) in [5, 5.41) is 1.14. The van der Waals surface area contributed by atoms with Crippen molar-refractivity contribution in [3.05, 3.63) is 36.0 Å². The summed E-state index contributed by atoms with van der Waals surface area (Å²) in [4.78, 5) is 17.3. The number of carbonyl (C=O) groups is 1. The van der Waals surface area contributed by atoms with Crippen molar-refractivity contribution in [3.63, 3.8) is 0 Å². The van der Waals surface area contributed by atoms with Gasteiger partial charge in [-0.25, -0.2) is 0 Å². The first-order valence-electron chi connectivity index (χ1n) is 7.54. The molecular formula is C17H25N3O. The number of carbonyl (C=O) groups excluding carboxylic acids is 1. The van der Waals surface area contributed by atoms with Crippen molar-refractivity contribution >= 4 is 16.8 Å². The Kier molecular flexibility index (Phi) is 5.02. The normalized spacial score (nSPS) is 12.8. The molecule has 1 atom stereocenters. The summed E-state index contributed by atoms with van der Waals surface area (Å²) in [7, 11) is 1.83. The summed E-state index contributed by atoms with van der Waals surface area (Å²) < 4.78 is 0. The van der Waals surface area contributed by atoms with E-state index in [1.54, 1.807) is 4.90 Å². The number of rotatable bonds is 6. The Bertz CT molecular complexity index is 603. The number of fused-ring (bicyclic) bond motifs is 1. The summed E-state index contributed by atoms with van der Waals surface area (Å²) in [5.41, 5.74) is 8.29. The van der Waals surface area contributed by atoms with E-state index < -0.39 is 6.04 Å². The van der Waals surface area contributed by atoms with Gasteiger partial charge in [0.1, 0.15) is 0 Å². The molecule has 0 radical (unpaired) electrons. The highest BCUT2D eigenvalue weighted by Gasteiger charge is 2.19. The minimum Gasteiger partial charge on any atom is -0.361 e. The van der Waals surface area contributed by atoms with E-state index in [1.165, 1.54) is 0 Å². The zero-order valence-electron chi connectivity index (χ0n) is 13.1. The molecule has 0 aliphatic carbocycles. The fourth-order valence-corrected chi connectivity index (χ4v) is 2.47. The maximum atomic E-state index is 12.3. The molecule has 1 heterocycles. The van der Waals surface area contributed by atoms with Crippen LogP contribution in [0.5, 0.6) is 0 Å². The zero-order valence-corrected chi connectivity index (χ0v) is 13.1. The summed E-state index contributed by atoms with van der Waals surface area (Å²) in [6.07, 6.45) is 3.52. The van der Waals surface area contributed by atoms with Crippen molar-refractivity contribution in [2.45, 2.75) is 32.7 Å². The van der Waals surface area contributed by atoms with E-state index in [0.29, 0.717) is 12.3 Å². The van der Waals surface area contributed by atoms with Gasteiger partial charge in [0, 0.05) is 30.7 Å². The van der Waals surface area contributed by atoms with E-state index in [-0.39, 0.29) is 5.91 Å². The Morgan fingerprint density at radius 2 is 2.05 bits per heavy atom. The molecule has 2 aromatic rings. The van der Waals surface area contributed by atoms with Crippen LogP contribution >= 0.6 is 0 Å². The minimum atomic E-state index is -0.485. The Balaban J connectivity index is 2.00. The van der Waals surface area contributed by atoms with Gasteiger partial charge in [-0.2, -0.15) is 0 Å². The maximum Gasteiger partial charge on any atom is 0.239 e. The van der Waals surface area contributed by atoms with Crippen LogP contribution < -0.4 is 5.73 Å². The first-order chi connectivity index (χ1) is 9.99. The molecule has 0 fully saturated rings. The van der Waals surface area contributed by atoms with Gasteiger partial charge in [-0.05, 0) is 30.4 Å². The van der Waals surface area contributed by atoms with Crippen LogP contribution in [0.4, 0.5) is 0 Å². The van der Waals surface area contributed by atoms with Crippen molar-refractivity contribution in [2.75, 3.05) is 13.6 Å². The molecule has 21 heavy (non-hydrogen) atoms. The molecule has 0 spiro atoms. The van der Waals surface area contributed by atoms with Crippen molar-refractivity contribution in [3.8, 4) is 0 Å². The molecule has 0 saturated carbocycles. The van der Waals surface area contributed by atoms with Gasteiger partial charge < -0.3 is 15.6 Å². The molecule has 114 valence electrons. The fourth-order valence-electron chi connectivity index (χ4n) is 2.47. The molecule has 0 aliphatic heterocycles. The van der Waals surface area contributed by atoms with Crippen LogP contribution in [0.15, 0.2) is 30.5 Å². The molecule has 0 bridgehead atoms. The van der Waals surface area contributed by atoms with Crippen LogP contribution in [0.25, 0.3) is 10.9 Å². The molecule has 4 nitrogen and oxygen atoms in total. The molecule has 0 unspecified atom stereocenters. The second kappa shape index (κ2) is 6.76. The van der Waals surface area contributed by atoms with E-state index in [1.807, 2.05) is 31.4 Å². The number of nitrogens with two attached hydrogens (primary N) is 1. The van der Waals surface area contributed by atoms with E-state index in [0.717, 1.165) is 29.4 Å². The molecule has 0 aliphatic rings. The smallest absolute Gasteiger partial charge is 0.239 e. The summed E-state index contributed by atoms with van der Waals surface area (Å²) in [5.74, 6) is 0.603. The van der Waals surface area contributed by atoms with Gasteiger partial charge in [-0.1, -0.05) is 32.0 Å². The number of nitrogens with one attached hydrogen (secondary N) is 1. The predicted molar refractivity (Wildman–Crippen MR) is 87.1 cm³/mol. The van der Waals surface area contributed by atoms with Gasteiger partial charge in [0.2, 0.25) is 5.91 Å². The highest BCUT2D eigenvalue weighted by atomic mass is 16.2. The van der Waals surface area contributed by atoms with Gasteiger partial charge in [0.05, 0.1) is 6.04 Å². The molecule has 1 amide bonds. The number of benzene rings is 1. The van der Waals surface area contributed by atoms with E-state index >= 15 is 0 Å². The number of nitrogens with zero attached hydrogens (tertiary/aromatic N) is 1. The number of likely N-dealkylation sites (N-methyl/N-ethyl adjacent to an activating group) is 1. The van der Waals surface area contributed by atoms with Gasteiger partial charge in [-0.3, -0.25) is 4.79 Å². The highest BCUT2D eigenvalue weighted by molar-refractivity contribution is 5.86. The first-order valence-corrected chi connectivity index (χ1v) is 7.54. The quantitative estimate of drug-likeness (QED) is 0.857. The Labute approximate surface area is 126 Å². The lowest BCUT2D eigenvalue weighted by Crippen LogP contribution is -2.43. The molecule has 0 saturated heterocycles. The standard InChI is InChI=1S/C17H25N3O/c1-12(2)8-9-20(3)17(21)15(18)10-13-11-19-16-7-5-4-6-14(13)16/h4-7,11-12,15,19H,8-10,18H2,1-3H3/t15-/m0/s1. The van der Waals surface area contributed by atoms with Crippen molar-refractivity contribution < 1.29 is 4.79 Å². The topological polar surface area (TPSA) is 62.1 Å². The minimum absolute atomic E-state index is 0.0148. The maximum absolute atomic E-state index is 12.3. The van der Waals surface area contributed by atoms with E-state index in [2.05, 4.69) is 24.9 Å². The lowest BCUT2D eigenvalue weighted by Gasteiger charge is -2.22. The third kappa shape index (κ3) is 3.85. The number of hydrogen-bond donors (Lipinski definition) is 2.